The summed E-state index contributed by atoms with van der Waals surface area (Å²) in [5.41, 5.74) is -0.0958. The molecule has 1 aromatic rings. The highest BCUT2D eigenvalue weighted by Crippen LogP contribution is 2.23. The molecule has 0 radical (unpaired) electrons. The zero-order valence-corrected chi connectivity index (χ0v) is 8.45. The Kier molecular flexibility index (Phi) is 3.41. The highest BCUT2D eigenvalue weighted by atomic mass is 19.4. The first-order valence-electron chi connectivity index (χ1n) is 4.41. The average Bonchev–Trinajstić information content (AvgIpc) is 2.15. The van der Waals surface area contributed by atoms with Crippen LogP contribution < -0.4 is 4.90 Å². The third-order valence-corrected chi connectivity index (χ3v) is 1.96. The molecule has 0 spiro atoms. The summed E-state index contributed by atoms with van der Waals surface area (Å²) in [6, 6.07) is 5.57. The number of benzene rings is 1. The third-order valence-electron chi connectivity index (χ3n) is 1.96. The molecule has 88 valence electrons. The van der Waals surface area contributed by atoms with Gasteiger partial charge in [0.2, 0.25) is 0 Å². The molecule has 0 amide bonds. The molecule has 0 saturated heterocycles. The summed E-state index contributed by atoms with van der Waals surface area (Å²) >= 11 is 0. The monoisotopic (exact) mass is 233 g/mol. The number of anilines is 1. The van der Waals surface area contributed by atoms with Crippen LogP contribution in [0.2, 0.25) is 0 Å². The van der Waals surface area contributed by atoms with Gasteiger partial charge in [-0.05, 0) is 12.1 Å². The van der Waals surface area contributed by atoms with Crippen LogP contribution in [0.25, 0.3) is 0 Å². The SMILES string of the molecule is CN(CC(F)(F)F)c1ccccc1C(=O)O. The maximum absolute atomic E-state index is 12.1. The number of rotatable bonds is 3. The van der Waals surface area contributed by atoms with Crippen LogP contribution in [-0.2, 0) is 0 Å². The van der Waals surface area contributed by atoms with Gasteiger partial charge < -0.3 is 10.0 Å². The Bertz CT molecular complexity index is 390. The highest BCUT2D eigenvalue weighted by molar-refractivity contribution is 5.94. The van der Waals surface area contributed by atoms with Gasteiger partial charge in [-0.1, -0.05) is 12.1 Å². The van der Waals surface area contributed by atoms with Crippen LogP contribution in [0.4, 0.5) is 18.9 Å². The Morgan fingerprint density at radius 3 is 2.44 bits per heavy atom. The standard InChI is InChI=1S/C10H10F3NO2/c1-14(6-10(11,12)13)8-5-3-2-4-7(8)9(15)16/h2-5H,6H2,1H3,(H,15,16). The van der Waals surface area contributed by atoms with Gasteiger partial charge in [0.05, 0.1) is 11.3 Å². The van der Waals surface area contributed by atoms with Gasteiger partial charge in [-0.15, -0.1) is 0 Å². The molecular weight excluding hydrogens is 223 g/mol. The van der Waals surface area contributed by atoms with Crippen molar-refractivity contribution in [1.82, 2.24) is 0 Å². The van der Waals surface area contributed by atoms with Crippen LogP contribution in [0.15, 0.2) is 24.3 Å². The number of hydrogen-bond donors (Lipinski definition) is 1. The summed E-state index contributed by atoms with van der Waals surface area (Å²) < 4.78 is 36.4. The minimum atomic E-state index is -4.36. The van der Waals surface area contributed by atoms with Crippen molar-refractivity contribution >= 4 is 11.7 Å². The molecule has 0 unspecified atom stereocenters. The first-order chi connectivity index (χ1) is 7.31. The first-order valence-corrected chi connectivity index (χ1v) is 4.41. The second-order valence-electron chi connectivity index (χ2n) is 3.29. The second-order valence-corrected chi connectivity index (χ2v) is 3.29. The van der Waals surface area contributed by atoms with Gasteiger partial charge in [0.15, 0.2) is 0 Å². The van der Waals surface area contributed by atoms with Crippen molar-refractivity contribution in [2.24, 2.45) is 0 Å². The first kappa shape index (κ1) is 12.4. The van der Waals surface area contributed by atoms with Crippen LogP contribution in [0, 0.1) is 0 Å². The van der Waals surface area contributed by atoms with E-state index in [1.165, 1.54) is 31.3 Å². The van der Waals surface area contributed by atoms with Crippen molar-refractivity contribution in [1.29, 1.82) is 0 Å². The summed E-state index contributed by atoms with van der Waals surface area (Å²) in [6.07, 6.45) is -4.36. The van der Waals surface area contributed by atoms with E-state index < -0.39 is 18.7 Å². The highest BCUT2D eigenvalue weighted by Gasteiger charge is 2.30. The van der Waals surface area contributed by atoms with Crippen molar-refractivity contribution in [3.05, 3.63) is 29.8 Å². The molecule has 0 fully saturated rings. The van der Waals surface area contributed by atoms with Gasteiger partial charge >= 0.3 is 12.1 Å². The lowest BCUT2D eigenvalue weighted by atomic mass is 10.1. The molecule has 0 atom stereocenters. The van der Waals surface area contributed by atoms with E-state index in [1.807, 2.05) is 0 Å². The number of halogens is 3. The second kappa shape index (κ2) is 4.42. The zero-order valence-electron chi connectivity index (χ0n) is 8.45. The Morgan fingerprint density at radius 2 is 1.94 bits per heavy atom. The number of hydrogen-bond acceptors (Lipinski definition) is 2. The Morgan fingerprint density at radius 1 is 1.38 bits per heavy atom. The van der Waals surface area contributed by atoms with Crippen molar-refractivity contribution in [2.45, 2.75) is 6.18 Å². The van der Waals surface area contributed by atoms with Gasteiger partial charge in [0, 0.05) is 7.05 Å². The fraction of sp³-hybridized carbons (Fsp3) is 0.300. The lowest BCUT2D eigenvalue weighted by molar-refractivity contribution is -0.119. The summed E-state index contributed by atoms with van der Waals surface area (Å²) in [6.45, 7) is -1.18. The number of carboxylic acids is 1. The zero-order chi connectivity index (χ0) is 12.3. The van der Waals surface area contributed by atoms with Crippen LogP contribution in [0.3, 0.4) is 0 Å². The summed E-state index contributed by atoms with van der Waals surface area (Å²) in [4.78, 5) is 11.6. The molecule has 16 heavy (non-hydrogen) atoms. The largest absolute Gasteiger partial charge is 0.478 e. The predicted octanol–water partition coefficient (Wildman–Crippen LogP) is 2.38. The van der Waals surface area contributed by atoms with E-state index in [0.29, 0.717) is 0 Å². The molecule has 0 heterocycles. The third kappa shape index (κ3) is 3.15. The molecule has 1 rings (SSSR count). The van der Waals surface area contributed by atoms with E-state index in [-0.39, 0.29) is 11.3 Å². The lowest BCUT2D eigenvalue weighted by Crippen LogP contribution is -2.31. The van der Waals surface area contributed by atoms with Gasteiger partial charge in [-0.2, -0.15) is 13.2 Å². The fourth-order valence-electron chi connectivity index (χ4n) is 1.34. The number of para-hydroxylation sites is 1. The smallest absolute Gasteiger partial charge is 0.405 e. The molecule has 0 saturated carbocycles. The number of carbonyl (C=O) groups is 1. The minimum Gasteiger partial charge on any atom is -0.478 e. The van der Waals surface area contributed by atoms with E-state index in [9.17, 15) is 18.0 Å². The lowest BCUT2D eigenvalue weighted by Gasteiger charge is -2.22. The topological polar surface area (TPSA) is 40.5 Å². The fourth-order valence-corrected chi connectivity index (χ4v) is 1.34. The van der Waals surface area contributed by atoms with E-state index in [0.717, 1.165) is 4.90 Å². The molecule has 1 aromatic carbocycles. The van der Waals surface area contributed by atoms with Crippen molar-refractivity contribution in [3.8, 4) is 0 Å². The molecule has 0 bridgehead atoms. The van der Waals surface area contributed by atoms with E-state index in [4.69, 9.17) is 5.11 Å². The quantitative estimate of drug-likeness (QED) is 0.871. The Balaban J connectivity index is 2.99. The van der Waals surface area contributed by atoms with Gasteiger partial charge in [0.25, 0.3) is 0 Å². The summed E-state index contributed by atoms with van der Waals surface area (Å²) in [5.74, 6) is -1.25. The Hall–Kier alpha value is -1.72. The molecular formula is C10H10F3NO2. The van der Waals surface area contributed by atoms with Crippen LogP contribution in [-0.4, -0.2) is 30.8 Å². The molecule has 0 aliphatic carbocycles. The van der Waals surface area contributed by atoms with E-state index >= 15 is 0 Å². The molecule has 0 aliphatic heterocycles. The number of nitrogens with zero attached hydrogens (tertiary/aromatic N) is 1. The summed E-state index contributed by atoms with van der Waals surface area (Å²) in [7, 11) is 1.20. The molecule has 1 N–H and O–H groups in total. The van der Waals surface area contributed by atoms with Crippen molar-refractivity contribution in [2.75, 3.05) is 18.5 Å². The maximum Gasteiger partial charge on any atom is 0.405 e. The number of aromatic carboxylic acids is 1. The van der Waals surface area contributed by atoms with Crippen molar-refractivity contribution in [3.63, 3.8) is 0 Å². The molecule has 0 aliphatic rings. The van der Waals surface area contributed by atoms with Gasteiger partial charge in [0.1, 0.15) is 6.54 Å². The maximum atomic E-state index is 12.1. The van der Waals surface area contributed by atoms with E-state index in [1.54, 1.807) is 0 Å². The molecule has 3 nitrogen and oxygen atoms in total. The van der Waals surface area contributed by atoms with Gasteiger partial charge in [-0.3, -0.25) is 0 Å². The summed E-state index contributed by atoms with van der Waals surface area (Å²) in [5, 5.41) is 8.80. The predicted molar refractivity (Wildman–Crippen MR) is 52.7 cm³/mol. The number of alkyl halides is 3. The number of carboxylic acid groups (broad SMARTS) is 1. The van der Waals surface area contributed by atoms with Crippen LogP contribution in [0.1, 0.15) is 10.4 Å². The van der Waals surface area contributed by atoms with Crippen molar-refractivity contribution < 1.29 is 23.1 Å². The van der Waals surface area contributed by atoms with Crippen LogP contribution in [0.5, 0.6) is 0 Å². The van der Waals surface area contributed by atoms with Crippen LogP contribution >= 0.6 is 0 Å². The minimum absolute atomic E-state index is 0.0484. The van der Waals surface area contributed by atoms with E-state index in [2.05, 4.69) is 0 Å². The van der Waals surface area contributed by atoms with Gasteiger partial charge in [-0.25, -0.2) is 4.79 Å². The molecule has 0 aromatic heterocycles. The Labute approximate surface area is 90.1 Å². The average molecular weight is 233 g/mol. The molecule has 6 heteroatoms. The normalized spacial score (nSPS) is 11.2.